The lowest BCUT2D eigenvalue weighted by Gasteiger charge is -2.31. The summed E-state index contributed by atoms with van der Waals surface area (Å²) in [6, 6.07) is 6.21. The van der Waals surface area contributed by atoms with Crippen molar-refractivity contribution in [2.75, 3.05) is 20.3 Å². The van der Waals surface area contributed by atoms with Gasteiger partial charge in [-0.2, -0.15) is 0 Å². The quantitative estimate of drug-likeness (QED) is 0.169. The summed E-state index contributed by atoms with van der Waals surface area (Å²) in [5.74, 6) is -2.33. The number of nitrogens with zero attached hydrogens (tertiary/aromatic N) is 2. The van der Waals surface area contributed by atoms with Crippen LogP contribution in [-0.2, 0) is 25.1 Å². The highest BCUT2D eigenvalue weighted by atomic mass is 79.9. The molecule has 3 N–H and O–H groups in total. The molecule has 6 atom stereocenters. The van der Waals surface area contributed by atoms with Crippen molar-refractivity contribution in [2.45, 2.75) is 126 Å². The first-order valence-corrected chi connectivity index (χ1v) is 23.3. The van der Waals surface area contributed by atoms with Crippen molar-refractivity contribution in [3.05, 3.63) is 58.1 Å². The van der Waals surface area contributed by atoms with Gasteiger partial charge in [0.15, 0.2) is 0 Å². The fraction of sp³-hybridized carbons (Fsp3) is 0.571. The number of carbonyl (C=O) groups is 3. The van der Waals surface area contributed by atoms with Crippen LogP contribution in [0.2, 0.25) is 0 Å². The first-order valence-electron chi connectivity index (χ1n) is 20.6. The molecular weight excluding hydrogens is 853 g/mol. The smallest absolute Gasteiger partial charge is 0.408 e. The summed E-state index contributed by atoms with van der Waals surface area (Å²) in [4.78, 5) is 60.4. The summed E-state index contributed by atoms with van der Waals surface area (Å²) in [7, 11) is -2.99. The van der Waals surface area contributed by atoms with Crippen molar-refractivity contribution >= 4 is 52.1 Å². The minimum atomic E-state index is -4.53. The maximum atomic E-state index is 14.9. The van der Waals surface area contributed by atoms with E-state index in [1.807, 2.05) is 6.92 Å². The number of ether oxygens (including phenoxy) is 4. The van der Waals surface area contributed by atoms with E-state index in [1.165, 1.54) is 18.1 Å². The number of nitrogens with one attached hydrogen (secondary N) is 2. The van der Waals surface area contributed by atoms with Gasteiger partial charge in [-0.05, 0) is 98.0 Å². The maximum absolute atomic E-state index is 14.9. The van der Waals surface area contributed by atoms with Gasteiger partial charge >= 0.3 is 6.09 Å². The molecule has 2 aromatic carbocycles. The Morgan fingerprint density at radius 1 is 1.02 bits per heavy atom. The van der Waals surface area contributed by atoms with Crippen LogP contribution in [0.5, 0.6) is 17.4 Å². The van der Waals surface area contributed by atoms with Crippen molar-refractivity contribution in [3.63, 3.8) is 0 Å². The number of pyridine rings is 1. The number of alkyl carbamates (subject to hydrolysis) is 1. The number of hydrogen-bond acceptors (Lipinski definition) is 9. The zero-order chi connectivity index (χ0) is 41.9. The fourth-order valence-corrected chi connectivity index (χ4v) is 12.0. The molecule has 2 aliphatic carbocycles. The van der Waals surface area contributed by atoms with E-state index in [0.717, 1.165) is 57.1 Å². The Bertz CT molecular complexity index is 2090. The van der Waals surface area contributed by atoms with E-state index in [2.05, 4.69) is 31.5 Å². The van der Waals surface area contributed by atoms with Gasteiger partial charge in [-0.1, -0.05) is 38.2 Å². The van der Waals surface area contributed by atoms with Crippen molar-refractivity contribution in [1.82, 2.24) is 20.5 Å². The van der Waals surface area contributed by atoms with E-state index in [9.17, 15) is 32.6 Å². The highest BCUT2D eigenvalue weighted by Crippen LogP contribution is 2.71. The standard InChI is InChI=1S/C42H52BrF2N4O9P/c1-3-56-36-21-35(28-18-19-34(55-2)37(43)38(28)47-36)57-27-20-33-39(50)48-42(59(53,54)24-29-30(44)15-11-16-31(29)45)22-25(42)12-7-5-4-6-8-17-32(40(51)49(33)23-27)46-41(52)58-26-13-9-10-14-26/h11,15-16,18-19,21,25-27,32-33H,3-10,12-14,17,20,22-24H2,1-2H3,(H,46,52)(H,48,50)(H,53,54)/t25-,27-,32+,33+,42+/m1/s1. The van der Waals surface area contributed by atoms with Crippen LogP contribution in [0.4, 0.5) is 13.6 Å². The van der Waals surface area contributed by atoms with Gasteiger partial charge in [-0.15, -0.1) is 0 Å². The van der Waals surface area contributed by atoms with Crippen LogP contribution in [0.15, 0.2) is 40.9 Å². The van der Waals surface area contributed by atoms with Crippen molar-refractivity contribution in [3.8, 4) is 17.4 Å². The fourth-order valence-electron chi connectivity index (χ4n) is 8.94. The van der Waals surface area contributed by atoms with Crippen LogP contribution in [0.3, 0.4) is 0 Å². The van der Waals surface area contributed by atoms with E-state index in [1.54, 1.807) is 18.2 Å². The Hall–Kier alpha value is -4.01. The number of halogens is 3. The summed E-state index contributed by atoms with van der Waals surface area (Å²) >= 11 is 3.58. The first-order chi connectivity index (χ1) is 28.3. The van der Waals surface area contributed by atoms with E-state index in [4.69, 9.17) is 18.9 Å². The zero-order valence-corrected chi connectivity index (χ0v) is 35.8. The van der Waals surface area contributed by atoms with E-state index in [0.29, 0.717) is 59.2 Å². The molecule has 0 bridgehead atoms. The summed E-state index contributed by atoms with van der Waals surface area (Å²) in [5.41, 5.74) is -0.0167. The van der Waals surface area contributed by atoms with Crippen molar-refractivity contribution in [2.24, 2.45) is 5.92 Å². The summed E-state index contributed by atoms with van der Waals surface area (Å²) in [5, 5.41) is 4.64. The Labute approximate surface area is 350 Å². The van der Waals surface area contributed by atoms with Crippen LogP contribution in [-0.4, -0.2) is 82.5 Å². The molecule has 3 aromatic rings. The van der Waals surface area contributed by atoms with Gasteiger partial charge in [-0.25, -0.2) is 18.6 Å². The molecule has 1 aromatic heterocycles. The third-order valence-corrected chi connectivity index (χ3v) is 15.6. The molecule has 4 fully saturated rings. The molecule has 2 aliphatic heterocycles. The number of rotatable bonds is 10. The minimum absolute atomic E-state index is 0.0136. The number of hydrogen-bond donors (Lipinski definition) is 3. The first kappa shape index (κ1) is 43.1. The van der Waals surface area contributed by atoms with Crippen LogP contribution >= 0.6 is 23.3 Å². The van der Waals surface area contributed by atoms with Gasteiger partial charge in [0.2, 0.25) is 25.1 Å². The molecule has 1 unspecified atom stereocenters. The highest BCUT2D eigenvalue weighted by Gasteiger charge is 2.66. The van der Waals surface area contributed by atoms with Gasteiger partial charge in [0.1, 0.15) is 52.7 Å². The molecule has 59 heavy (non-hydrogen) atoms. The second-order valence-corrected chi connectivity index (χ2v) is 19.4. The summed E-state index contributed by atoms with van der Waals surface area (Å²) < 4.78 is 68.3. The topological polar surface area (TPSA) is 166 Å². The third-order valence-electron chi connectivity index (χ3n) is 12.2. The second-order valence-electron chi connectivity index (χ2n) is 16.1. The Kier molecular flexibility index (Phi) is 13.4. The summed E-state index contributed by atoms with van der Waals surface area (Å²) in [6.07, 6.45) is 5.59. The predicted molar refractivity (Wildman–Crippen MR) is 219 cm³/mol. The minimum Gasteiger partial charge on any atom is -0.495 e. The van der Waals surface area contributed by atoms with E-state index >= 15 is 0 Å². The number of carbonyl (C=O) groups excluding carboxylic acids is 3. The lowest BCUT2D eigenvalue weighted by molar-refractivity contribution is -0.140. The van der Waals surface area contributed by atoms with Gasteiger partial charge in [0.05, 0.1) is 36.4 Å². The largest absolute Gasteiger partial charge is 0.495 e. The van der Waals surface area contributed by atoms with Crippen molar-refractivity contribution < 1.29 is 51.6 Å². The molecule has 0 radical (unpaired) electrons. The lowest BCUT2D eigenvalue weighted by atomic mass is 10.0. The zero-order valence-electron chi connectivity index (χ0n) is 33.4. The Morgan fingerprint density at radius 3 is 2.42 bits per heavy atom. The second kappa shape index (κ2) is 18.3. The molecule has 13 nitrogen and oxygen atoms in total. The number of methoxy groups -OCH3 is 1. The maximum Gasteiger partial charge on any atom is 0.408 e. The molecule has 2 saturated carbocycles. The predicted octanol–water partition coefficient (Wildman–Crippen LogP) is 8.12. The molecule has 2 saturated heterocycles. The highest BCUT2D eigenvalue weighted by molar-refractivity contribution is 9.10. The van der Waals surface area contributed by atoms with Gasteiger partial charge in [0, 0.05) is 23.4 Å². The van der Waals surface area contributed by atoms with Crippen LogP contribution in [0.1, 0.15) is 96.0 Å². The molecule has 3 heterocycles. The van der Waals surface area contributed by atoms with E-state index < -0.39 is 78.0 Å². The summed E-state index contributed by atoms with van der Waals surface area (Å²) in [6.45, 7) is 2.08. The average molecular weight is 906 g/mol. The Balaban J connectivity index is 1.22. The Morgan fingerprint density at radius 2 is 1.71 bits per heavy atom. The molecule has 3 amide bonds. The molecule has 7 rings (SSSR count). The van der Waals surface area contributed by atoms with Crippen LogP contribution in [0.25, 0.3) is 10.9 Å². The van der Waals surface area contributed by atoms with E-state index in [-0.39, 0.29) is 31.4 Å². The number of amides is 3. The normalized spacial score (nSPS) is 26.4. The van der Waals surface area contributed by atoms with Crippen molar-refractivity contribution in [1.29, 1.82) is 0 Å². The molecule has 0 spiro atoms. The van der Waals surface area contributed by atoms with Gasteiger partial charge in [-0.3, -0.25) is 14.2 Å². The molecule has 4 aliphatic rings. The van der Waals surface area contributed by atoms with Gasteiger partial charge in [0.25, 0.3) is 0 Å². The molecule has 320 valence electrons. The number of benzene rings is 2. The number of fused-ring (bicyclic) bond motifs is 3. The monoisotopic (exact) mass is 904 g/mol. The molecular formula is C42H52BrF2N4O9P. The van der Waals surface area contributed by atoms with Crippen LogP contribution < -0.4 is 24.8 Å². The lowest BCUT2D eigenvalue weighted by Crippen LogP contribution is -2.55. The van der Waals surface area contributed by atoms with Crippen LogP contribution in [0, 0.1) is 17.6 Å². The number of aromatic nitrogens is 1. The SMILES string of the molecule is CCOc1cc(O[C@@H]2C[C@H]3C(=O)N[C@]4(P(=O)(O)Cc5c(F)cccc5F)C[C@H]4CCCCCCC[C@H](NC(=O)OC4CCCC4)C(=O)N3C2)c2ccc(OC)c(Br)c2n1. The third kappa shape index (κ3) is 9.34. The molecule has 17 heteroatoms. The van der Waals surface area contributed by atoms with Gasteiger partial charge < -0.3 is 39.4 Å². The average Bonchev–Trinajstić information content (AvgIpc) is 3.47.